The van der Waals surface area contributed by atoms with Crippen molar-refractivity contribution in [2.75, 3.05) is 21.0 Å². The molecule has 1 atom stereocenters. The molecule has 23 heavy (non-hydrogen) atoms. The van der Waals surface area contributed by atoms with Gasteiger partial charge >= 0.3 is 5.97 Å². The van der Waals surface area contributed by atoms with E-state index in [0.29, 0.717) is 12.4 Å². The predicted molar refractivity (Wildman–Crippen MR) is 87.0 cm³/mol. The maximum absolute atomic E-state index is 11.6. The number of methoxy groups -OCH3 is 1. The van der Waals surface area contributed by atoms with Crippen LogP contribution in [-0.2, 0) is 20.9 Å². The highest BCUT2D eigenvalue weighted by molar-refractivity contribution is 5.77. The molecule has 1 N–H and O–H groups in total. The summed E-state index contributed by atoms with van der Waals surface area (Å²) in [6.07, 6.45) is 0. The van der Waals surface area contributed by atoms with Crippen LogP contribution in [-0.4, -0.2) is 26.9 Å². The summed E-state index contributed by atoms with van der Waals surface area (Å²) in [4.78, 5) is 11.6. The van der Waals surface area contributed by atoms with E-state index in [0.717, 1.165) is 11.1 Å². The first-order chi connectivity index (χ1) is 11.2. The lowest BCUT2D eigenvalue weighted by molar-refractivity contribution is -0.143. The van der Waals surface area contributed by atoms with Gasteiger partial charge in [-0.3, -0.25) is 0 Å². The summed E-state index contributed by atoms with van der Waals surface area (Å²) in [6, 6.07) is 16.7. The van der Waals surface area contributed by atoms with Crippen LogP contribution in [0.5, 0.6) is 5.75 Å². The minimum Gasteiger partial charge on any atom is -0.468 e. The van der Waals surface area contributed by atoms with Crippen LogP contribution >= 0.6 is 0 Å². The summed E-state index contributed by atoms with van der Waals surface area (Å²) in [7, 11) is 3.08. The molecule has 5 nitrogen and oxygen atoms in total. The molecule has 2 rings (SSSR count). The number of nitrogens with one attached hydrogen (secondary N) is 1. The quantitative estimate of drug-likeness (QED) is 0.461. The third-order valence-electron chi connectivity index (χ3n) is 3.36. The van der Waals surface area contributed by atoms with E-state index in [9.17, 15) is 4.79 Å². The number of benzene rings is 2. The van der Waals surface area contributed by atoms with E-state index in [1.807, 2.05) is 42.5 Å². The zero-order valence-electron chi connectivity index (χ0n) is 13.3. The summed E-state index contributed by atoms with van der Waals surface area (Å²) in [5.41, 5.74) is 1.92. The minimum absolute atomic E-state index is 0.167. The molecule has 0 spiro atoms. The van der Waals surface area contributed by atoms with Crippen LogP contribution < -0.4 is 10.1 Å². The van der Waals surface area contributed by atoms with Crippen LogP contribution in [0.3, 0.4) is 0 Å². The molecule has 0 saturated heterocycles. The van der Waals surface area contributed by atoms with Gasteiger partial charge < -0.3 is 19.5 Å². The zero-order chi connectivity index (χ0) is 16.5. The summed E-state index contributed by atoms with van der Waals surface area (Å²) in [6.45, 7) is 0.670. The van der Waals surface area contributed by atoms with Crippen LogP contribution in [0.4, 0.5) is 0 Å². The highest BCUT2D eigenvalue weighted by atomic mass is 16.7. The minimum atomic E-state index is -0.483. The third-order valence-corrected chi connectivity index (χ3v) is 3.36. The van der Waals surface area contributed by atoms with Gasteiger partial charge in [0.2, 0.25) is 0 Å². The molecule has 0 aliphatic carbocycles. The first-order valence-electron chi connectivity index (χ1n) is 7.34. The molecule has 2 aromatic carbocycles. The molecular weight excluding hydrogens is 294 g/mol. The van der Waals surface area contributed by atoms with Gasteiger partial charge in [-0.05, 0) is 30.3 Å². The number of hydrogen-bond acceptors (Lipinski definition) is 5. The molecule has 0 aliphatic heterocycles. The smallest absolute Gasteiger partial charge is 0.327 e. The Morgan fingerprint density at radius 3 is 2.39 bits per heavy atom. The lowest BCUT2D eigenvalue weighted by atomic mass is 10.1. The van der Waals surface area contributed by atoms with E-state index in [4.69, 9.17) is 14.2 Å². The van der Waals surface area contributed by atoms with E-state index in [1.165, 1.54) is 7.11 Å². The number of ether oxygens (including phenoxy) is 3. The van der Waals surface area contributed by atoms with Crippen molar-refractivity contribution >= 4 is 5.97 Å². The van der Waals surface area contributed by atoms with Gasteiger partial charge in [-0.25, -0.2) is 4.79 Å². The topological polar surface area (TPSA) is 56.8 Å². The van der Waals surface area contributed by atoms with Gasteiger partial charge in [0.05, 0.1) is 13.7 Å². The standard InChI is InChI=1S/C18H21NO4/c1-19-17(18(20)21-2)15-8-10-16(11-9-15)23-13-22-12-14-6-4-3-5-7-14/h3-11,17,19H,12-13H2,1-2H3/t17-/m0/s1. The molecule has 0 bridgehead atoms. The largest absolute Gasteiger partial charge is 0.468 e. The van der Waals surface area contributed by atoms with Crippen LogP contribution in [0, 0.1) is 0 Å². The van der Waals surface area contributed by atoms with Gasteiger partial charge in [-0.1, -0.05) is 42.5 Å². The zero-order valence-corrected chi connectivity index (χ0v) is 13.3. The second kappa shape index (κ2) is 8.92. The van der Waals surface area contributed by atoms with Gasteiger partial charge in [0, 0.05) is 0 Å². The van der Waals surface area contributed by atoms with Crippen LogP contribution in [0.15, 0.2) is 54.6 Å². The molecule has 0 aromatic heterocycles. The second-order valence-corrected chi connectivity index (χ2v) is 4.91. The van der Waals surface area contributed by atoms with Crippen LogP contribution in [0.1, 0.15) is 17.2 Å². The van der Waals surface area contributed by atoms with E-state index in [-0.39, 0.29) is 12.8 Å². The average molecular weight is 315 g/mol. The van der Waals surface area contributed by atoms with Crippen molar-refractivity contribution in [2.24, 2.45) is 0 Å². The fourth-order valence-corrected chi connectivity index (χ4v) is 2.14. The Kier molecular flexibility index (Phi) is 6.59. The number of rotatable bonds is 8. The Morgan fingerprint density at radius 1 is 1.09 bits per heavy atom. The number of hydrogen-bond donors (Lipinski definition) is 1. The summed E-state index contributed by atoms with van der Waals surface area (Å²) < 4.78 is 15.8. The maximum atomic E-state index is 11.6. The summed E-state index contributed by atoms with van der Waals surface area (Å²) in [5, 5.41) is 2.92. The SMILES string of the molecule is CN[C@H](C(=O)OC)c1ccc(OCOCc2ccccc2)cc1. The van der Waals surface area contributed by atoms with Crippen LogP contribution in [0.2, 0.25) is 0 Å². The lowest BCUT2D eigenvalue weighted by Gasteiger charge is -2.14. The molecular formula is C18H21NO4. The molecule has 0 radical (unpaired) electrons. The molecule has 0 saturated carbocycles. The first-order valence-corrected chi connectivity index (χ1v) is 7.34. The van der Waals surface area contributed by atoms with E-state index in [1.54, 1.807) is 19.2 Å². The molecule has 0 unspecified atom stereocenters. The molecule has 122 valence electrons. The molecule has 0 fully saturated rings. The van der Waals surface area contributed by atoms with E-state index >= 15 is 0 Å². The van der Waals surface area contributed by atoms with Gasteiger partial charge in [0.1, 0.15) is 11.8 Å². The van der Waals surface area contributed by atoms with E-state index in [2.05, 4.69) is 5.32 Å². The van der Waals surface area contributed by atoms with Crippen LogP contribution in [0.25, 0.3) is 0 Å². The van der Waals surface area contributed by atoms with Gasteiger partial charge in [-0.15, -0.1) is 0 Å². The second-order valence-electron chi connectivity index (χ2n) is 4.91. The predicted octanol–water partition coefficient (Wildman–Crippen LogP) is 2.67. The van der Waals surface area contributed by atoms with Gasteiger partial charge in [-0.2, -0.15) is 0 Å². The van der Waals surface area contributed by atoms with Crippen molar-refractivity contribution in [2.45, 2.75) is 12.6 Å². The van der Waals surface area contributed by atoms with Gasteiger partial charge in [0.25, 0.3) is 0 Å². The fraction of sp³-hybridized carbons (Fsp3) is 0.278. The highest BCUT2D eigenvalue weighted by Gasteiger charge is 2.18. The summed E-state index contributed by atoms with van der Waals surface area (Å²) in [5.74, 6) is 0.355. The molecule has 5 heteroatoms. The maximum Gasteiger partial charge on any atom is 0.327 e. The third kappa shape index (κ3) is 5.09. The van der Waals surface area contributed by atoms with Crippen molar-refractivity contribution in [1.29, 1.82) is 0 Å². The number of carbonyl (C=O) groups excluding carboxylic acids is 1. The number of carbonyl (C=O) groups is 1. The van der Waals surface area contributed by atoms with Crippen molar-refractivity contribution in [1.82, 2.24) is 5.32 Å². The monoisotopic (exact) mass is 315 g/mol. The fourth-order valence-electron chi connectivity index (χ4n) is 2.14. The Bertz CT molecular complexity index is 598. The number of esters is 1. The lowest BCUT2D eigenvalue weighted by Crippen LogP contribution is -2.26. The molecule has 0 amide bonds. The van der Waals surface area contributed by atoms with Crippen molar-refractivity contribution in [3.05, 3.63) is 65.7 Å². The van der Waals surface area contributed by atoms with Gasteiger partial charge in [0.15, 0.2) is 6.79 Å². The molecule has 2 aromatic rings. The average Bonchev–Trinajstić information content (AvgIpc) is 2.61. The van der Waals surface area contributed by atoms with Crippen molar-refractivity contribution in [3.8, 4) is 5.75 Å². The number of likely N-dealkylation sites (N-methyl/N-ethyl adjacent to an activating group) is 1. The highest BCUT2D eigenvalue weighted by Crippen LogP contribution is 2.18. The summed E-state index contributed by atoms with van der Waals surface area (Å²) >= 11 is 0. The molecule has 0 heterocycles. The Balaban J connectivity index is 1.82. The Labute approximate surface area is 136 Å². The first kappa shape index (κ1) is 17.0. The van der Waals surface area contributed by atoms with Crippen molar-refractivity contribution in [3.63, 3.8) is 0 Å². The van der Waals surface area contributed by atoms with E-state index < -0.39 is 6.04 Å². The van der Waals surface area contributed by atoms with Crippen molar-refractivity contribution < 1.29 is 19.0 Å². The molecule has 0 aliphatic rings. The Hall–Kier alpha value is -2.37. The Morgan fingerprint density at radius 2 is 1.78 bits per heavy atom. The normalized spacial score (nSPS) is 11.7.